The molecular weight excluding hydrogens is 305 g/mol. The molecule has 2 aromatic rings. The van der Waals surface area contributed by atoms with Crippen LogP contribution in [0.1, 0.15) is 5.56 Å². The summed E-state index contributed by atoms with van der Waals surface area (Å²) in [5.74, 6) is -0.318. The number of hydrogen-bond acceptors (Lipinski definition) is 3. The fourth-order valence-electron chi connectivity index (χ4n) is 1.77. The van der Waals surface area contributed by atoms with Crippen molar-refractivity contribution in [2.24, 2.45) is 0 Å². The highest BCUT2D eigenvalue weighted by molar-refractivity contribution is 7.88. The van der Waals surface area contributed by atoms with Gasteiger partial charge in [-0.1, -0.05) is 48.5 Å². The lowest BCUT2D eigenvalue weighted by Gasteiger charge is -2.15. The maximum atomic E-state index is 12.5. The van der Waals surface area contributed by atoms with E-state index in [-0.39, 0.29) is 11.3 Å². The monoisotopic (exact) mass is 316 g/mol. The van der Waals surface area contributed by atoms with Gasteiger partial charge >= 0.3 is 15.6 Å². The van der Waals surface area contributed by atoms with Gasteiger partial charge in [0.1, 0.15) is 0 Å². The summed E-state index contributed by atoms with van der Waals surface area (Å²) in [6.07, 6.45) is 0. The van der Waals surface area contributed by atoms with Crippen molar-refractivity contribution in [3.63, 3.8) is 0 Å². The van der Waals surface area contributed by atoms with Gasteiger partial charge in [0.15, 0.2) is 5.75 Å². The average Bonchev–Trinajstić information content (AvgIpc) is 2.40. The largest absolute Gasteiger partial charge is 0.534 e. The molecule has 0 saturated carbocycles. The molecule has 0 bridgehead atoms. The fourth-order valence-corrected chi connectivity index (χ4v) is 2.30. The summed E-state index contributed by atoms with van der Waals surface area (Å²) in [7, 11) is -5.70. The average molecular weight is 316 g/mol. The smallest absolute Gasteiger partial charge is 0.375 e. The van der Waals surface area contributed by atoms with Crippen LogP contribution in [0.5, 0.6) is 5.75 Å². The fraction of sp³-hybridized carbons (Fsp3) is 0.143. The zero-order chi connectivity index (χ0) is 15.7. The van der Waals surface area contributed by atoms with Gasteiger partial charge in [-0.2, -0.15) is 21.6 Å². The Morgan fingerprint density at radius 3 is 2.14 bits per heavy atom. The predicted octanol–water partition coefficient (Wildman–Crippen LogP) is 3.89. The molecule has 0 radical (unpaired) electrons. The van der Waals surface area contributed by atoms with Gasteiger partial charge in [-0.15, -0.1) is 0 Å². The molecule has 0 spiro atoms. The summed E-state index contributed by atoms with van der Waals surface area (Å²) in [5.41, 5.74) is -4.33. The first-order chi connectivity index (χ1) is 9.72. The summed E-state index contributed by atoms with van der Waals surface area (Å²) in [6, 6.07) is 13.0. The molecule has 2 rings (SSSR count). The molecule has 2 aromatic carbocycles. The van der Waals surface area contributed by atoms with Gasteiger partial charge in [-0.05, 0) is 18.1 Å². The molecule has 0 unspecified atom stereocenters. The maximum Gasteiger partial charge on any atom is 0.534 e. The van der Waals surface area contributed by atoms with Gasteiger partial charge in [-0.25, -0.2) is 0 Å². The van der Waals surface area contributed by atoms with Gasteiger partial charge < -0.3 is 4.18 Å². The minimum Gasteiger partial charge on any atom is -0.375 e. The third kappa shape index (κ3) is 3.18. The molecule has 0 aliphatic rings. The number of benzene rings is 2. The first-order valence-corrected chi connectivity index (χ1v) is 7.29. The molecule has 0 aliphatic heterocycles. The van der Waals surface area contributed by atoms with E-state index in [9.17, 15) is 21.6 Å². The second kappa shape index (κ2) is 5.40. The first-order valence-electron chi connectivity index (χ1n) is 5.88. The van der Waals surface area contributed by atoms with E-state index in [1.54, 1.807) is 36.4 Å². The van der Waals surface area contributed by atoms with Crippen molar-refractivity contribution in [3.8, 4) is 16.9 Å². The van der Waals surface area contributed by atoms with Crippen molar-refractivity contribution in [1.29, 1.82) is 0 Å². The highest BCUT2D eigenvalue weighted by Crippen LogP contribution is 2.36. The van der Waals surface area contributed by atoms with Crippen LogP contribution < -0.4 is 4.18 Å². The quantitative estimate of drug-likeness (QED) is 0.637. The van der Waals surface area contributed by atoms with E-state index in [1.807, 2.05) is 0 Å². The summed E-state index contributed by atoms with van der Waals surface area (Å²) in [6.45, 7) is 1.48. The lowest BCUT2D eigenvalue weighted by Crippen LogP contribution is -2.28. The molecule has 0 heterocycles. The minimum absolute atomic E-state index is 0.281. The van der Waals surface area contributed by atoms with Crippen LogP contribution in [0.15, 0.2) is 48.5 Å². The van der Waals surface area contributed by atoms with Crippen molar-refractivity contribution >= 4 is 10.1 Å². The minimum atomic E-state index is -5.70. The van der Waals surface area contributed by atoms with Crippen LogP contribution in [0.25, 0.3) is 11.1 Å². The van der Waals surface area contributed by atoms with E-state index >= 15 is 0 Å². The number of aryl methyl sites for hydroxylation is 1. The second-order valence-corrected chi connectivity index (χ2v) is 5.84. The Balaban J connectivity index is 2.55. The van der Waals surface area contributed by atoms with Crippen LogP contribution in [-0.4, -0.2) is 13.9 Å². The van der Waals surface area contributed by atoms with Crippen LogP contribution in [0, 0.1) is 6.92 Å². The third-order valence-electron chi connectivity index (χ3n) is 2.77. The van der Waals surface area contributed by atoms with Gasteiger partial charge in [0.2, 0.25) is 0 Å². The Morgan fingerprint density at radius 2 is 1.57 bits per heavy atom. The Kier molecular flexibility index (Phi) is 3.95. The summed E-state index contributed by atoms with van der Waals surface area (Å²) in [4.78, 5) is 0. The summed E-state index contributed by atoms with van der Waals surface area (Å²) in [5, 5.41) is 0. The van der Waals surface area contributed by atoms with Crippen LogP contribution in [0.2, 0.25) is 0 Å². The maximum absolute atomic E-state index is 12.5. The number of para-hydroxylation sites is 1. The van der Waals surface area contributed by atoms with E-state index in [1.165, 1.54) is 19.1 Å². The topological polar surface area (TPSA) is 43.4 Å². The Labute approximate surface area is 120 Å². The van der Waals surface area contributed by atoms with E-state index in [0.717, 1.165) is 0 Å². The van der Waals surface area contributed by atoms with Crippen LogP contribution in [0.4, 0.5) is 13.2 Å². The van der Waals surface area contributed by atoms with Crippen molar-refractivity contribution < 1.29 is 25.8 Å². The lowest BCUT2D eigenvalue weighted by molar-refractivity contribution is -0.0500. The van der Waals surface area contributed by atoms with Crippen molar-refractivity contribution in [2.45, 2.75) is 12.4 Å². The highest BCUT2D eigenvalue weighted by Gasteiger charge is 2.49. The molecule has 0 N–H and O–H groups in total. The van der Waals surface area contributed by atoms with Crippen molar-refractivity contribution in [2.75, 3.05) is 0 Å². The number of alkyl halides is 3. The third-order valence-corrected chi connectivity index (χ3v) is 3.73. The van der Waals surface area contributed by atoms with Gasteiger partial charge in [0, 0.05) is 5.56 Å². The molecule has 21 heavy (non-hydrogen) atoms. The van der Waals surface area contributed by atoms with E-state index < -0.39 is 15.6 Å². The van der Waals surface area contributed by atoms with Crippen LogP contribution in [0.3, 0.4) is 0 Å². The molecular formula is C14H11F3O3S. The number of rotatable bonds is 3. The number of hydrogen-bond donors (Lipinski definition) is 0. The first kappa shape index (κ1) is 15.4. The molecule has 0 aliphatic carbocycles. The molecule has 7 heteroatoms. The van der Waals surface area contributed by atoms with E-state index in [2.05, 4.69) is 4.18 Å². The normalized spacial score (nSPS) is 12.2. The predicted molar refractivity (Wildman–Crippen MR) is 72.2 cm³/mol. The van der Waals surface area contributed by atoms with Gasteiger partial charge in [-0.3, -0.25) is 0 Å². The molecule has 0 aromatic heterocycles. The molecule has 0 fully saturated rings. The van der Waals surface area contributed by atoms with Crippen LogP contribution >= 0.6 is 0 Å². The number of halogens is 3. The SMILES string of the molecule is Cc1cccc(-c2ccccc2)c1OS(=O)(=O)C(F)(F)F. The lowest BCUT2D eigenvalue weighted by atomic mass is 10.0. The summed E-state index contributed by atoms with van der Waals surface area (Å²) >= 11 is 0. The van der Waals surface area contributed by atoms with Crippen LogP contribution in [-0.2, 0) is 10.1 Å². The Bertz CT molecular complexity index is 738. The highest BCUT2D eigenvalue weighted by atomic mass is 32.2. The van der Waals surface area contributed by atoms with E-state index in [4.69, 9.17) is 0 Å². The van der Waals surface area contributed by atoms with Crippen molar-refractivity contribution in [1.82, 2.24) is 0 Å². The molecule has 0 amide bonds. The molecule has 0 atom stereocenters. The van der Waals surface area contributed by atoms with E-state index in [0.29, 0.717) is 11.1 Å². The van der Waals surface area contributed by atoms with Gasteiger partial charge in [0.05, 0.1) is 0 Å². The second-order valence-electron chi connectivity index (χ2n) is 4.30. The molecule has 3 nitrogen and oxygen atoms in total. The van der Waals surface area contributed by atoms with Crippen molar-refractivity contribution in [3.05, 3.63) is 54.1 Å². The standard InChI is InChI=1S/C14H11F3O3S/c1-10-6-5-9-12(11-7-3-2-4-8-11)13(10)20-21(18,19)14(15,16)17/h2-9H,1H3. The summed E-state index contributed by atoms with van der Waals surface area (Å²) < 4.78 is 64.2. The zero-order valence-electron chi connectivity index (χ0n) is 10.9. The Morgan fingerprint density at radius 1 is 0.952 bits per heavy atom. The van der Waals surface area contributed by atoms with Gasteiger partial charge in [0.25, 0.3) is 0 Å². The molecule has 112 valence electrons. The Hall–Kier alpha value is -2.02. The zero-order valence-corrected chi connectivity index (χ0v) is 11.7. The molecule has 0 saturated heterocycles.